The number of rotatable bonds is 8. The molecule has 0 atom stereocenters. The number of hydrogen-bond acceptors (Lipinski definition) is 8. The lowest BCUT2D eigenvalue weighted by Gasteiger charge is -2.09. The molecule has 4 rings (SSSR count). The van der Waals surface area contributed by atoms with Gasteiger partial charge < -0.3 is 0 Å². The lowest BCUT2D eigenvalue weighted by atomic mass is 10.2. The molecule has 1 N–H and O–H groups in total. The van der Waals surface area contributed by atoms with Crippen molar-refractivity contribution in [2.45, 2.75) is 17.8 Å². The third kappa shape index (κ3) is 4.56. The van der Waals surface area contributed by atoms with E-state index in [0.29, 0.717) is 23.9 Å². The van der Waals surface area contributed by atoms with Crippen molar-refractivity contribution in [3.05, 3.63) is 70.9 Å². The van der Waals surface area contributed by atoms with Crippen LogP contribution in [-0.2, 0) is 10.6 Å². The van der Waals surface area contributed by atoms with Crippen LogP contribution in [0.2, 0.25) is 0 Å². The van der Waals surface area contributed by atoms with Crippen molar-refractivity contribution < 1.29 is 9.63 Å². The van der Waals surface area contributed by atoms with Gasteiger partial charge >= 0.3 is 0 Å². The maximum atomic E-state index is 12.0. The highest BCUT2D eigenvalue weighted by molar-refractivity contribution is 7.98. The number of hydroxylamine groups is 1. The van der Waals surface area contributed by atoms with Gasteiger partial charge in [0.15, 0.2) is 11.0 Å². The Morgan fingerprint density at radius 2 is 2.07 bits per heavy atom. The van der Waals surface area contributed by atoms with Crippen LogP contribution in [0.5, 0.6) is 0 Å². The highest BCUT2D eigenvalue weighted by Crippen LogP contribution is 2.30. The summed E-state index contributed by atoms with van der Waals surface area (Å²) in [7, 11) is 0. The van der Waals surface area contributed by atoms with E-state index in [9.17, 15) is 4.79 Å². The first-order chi connectivity index (χ1) is 14.8. The topological polar surface area (TPSA) is 94.8 Å². The number of nitrogens with one attached hydrogen (secondary N) is 1. The zero-order valence-electron chi connectivity index (χ0n) is 16.1. The Bertz CT molecular complexity index is 1110. The van der Waals surface area contributed by atoms with Crippen LogP contribution >= 0.6 is 23.1 Å². The fourth-order valence-electron chi connectivity index (χ4n) is 2.65. The van der Waals surface area contributed by atoms with Crippen molar-refractivity contribution in [3.8, 4) is 17.1 Å². The molecule has 10 heteroatoms. The molecule has 0 aliphatic carbocycles. The minimum atomic E-state index is -0.351. The Kier molecular flexibility index (Phi) is 6.47. The lowest BCUT2D eigenvalue weighted by Crippen LogP contribution is -2.23. The van der Waals surface area contributed by atoms with E-state index in [1.807, 2.05) is 47.0 Å². The SMILES string of the molecule is CCONC(=O)c1csc(CSc2nnc(-c3cccnc3)n2-c2ccccc2)n1. The number of carbonyl (C=O) groups excluding carboxylic acids is 1. The normalized spacial score (nSPS) is 10.8. The highest BCUT2D eigenvalue weighted by atomic mass is 32.2. The first kappa shape index (κ1) is 20.2. The van der Waals surface area contributed by atoms with E-state index < -0.39 is 0 Å². The minimum Gasteiger partial charge on any atom is -0.274 e. The second-order valence-electron chi connectivity index (χ2n) is 6.00. The van der Waals surface area contributed by atoms with E-state index in [-0.39, 0.29) is 5.91 Å². The van der Waals surface area contributed by atoms with Gasteiger partial charge in [0.05, 0.1) is 12.4 Å². The third-order valence-electron chi connectivity index (χ3n) is 3.99. The number of benzene rings is 1. The lowest BCUT2D eigenvalue weighted by molar-refractivity contribution is 0.0360. The predicted octanol–water partition coefficient (Wildman–Crippen LogP) is 3.76. The fourth-order valence-corrected chi connectivity index (χ4v) is 4.40. The first-order valence-electron chi connectivity index (χ1n) is 9.17. The number of nitrogens with zero attached hydrogens (tertiary/aromatic N) is 5. The molecule has 0 aliphatic heterocycles. The second-order valence-corrected chi connectivity index (χ2v) is 7.88. The van der Waals surface area contributed by atoms with E-state index >= 15 is 0 Å². The zero-order chi connectivity index (χ0) is 20.8. The van der Waals surface area contributed by atoms with Crippen LogP contribution in [0.1, 0.15) is 22.4 Å². The van der Waals surface area contributed by atoms with Crippen LogP contribution in [0, 0.1) is 0 Å². The Morgan fingerprint density at radius 1 is 1.20 bits per heavy atom. The van der Waals surface area contributed by atoms with Crippen LogP contribution in [-0.4, -0.2) is 37.2 Å². The Morgan fingerprint density at radius 3 is 2.83 bits per heavy atom. The molecule has 0 saturated carbocycles. The molecule has 0 bridgehead atoms. The van der Waals surface area contributed by atoms with Gasteiger partial charge in [-0.05, 0) is 31.2 Å². The molecule has 4 aromatic rings. The highest BCUT2D eigenvalue weighted by Gasteiger charge is 2.17. The number of aromatic nitrogens is 5. The number of thioether (sulfide) groups is 1. The molecule has 0 fully saturated rings. The van der Waals surface area contributed by atoms with Crippen LogP contribution in [0.4, 0.5) is 0 Å². The summed E-state index contributed by atoms with van der Waals surface area (Å²) in [5.41, 5.74) is 4.53. The third-order valence-corrected chi connectivity index (χ3v) is 5.96. The van der Waals surface area contributed by atoms with Crippen molar-refractivity contribution in [2.24, 2.45) is 0 Å². The summed E-state index contributed by atoms with van der Waals surface area (Å²) in [6, 6.07) is 13.8. The molecule has 152 valence electrons. The fraction of sp³-hybridized carbons (Fsp3) is 0.150. The Balaban J connectivity index is 1.57. The number of hydrogen-bond donors (Lipinski definition) is 1. The zero-order valence-corrected chi connectivity index (χ0v) is 17.7. The van der Waals surface area contributed by atoms with Crippen molar-refractivity contribution in [1.82, 2.24) is 30.2 Å². The maximum absolute atomic E-state index is 12.0. The molecule has 1 amide bonds. The molecule has 3 heterocycles. The number of para-hydroxylation sites is 1. The summed E-state index contributed by atoms with van der Waals surface area (Å²) >= 11 is 2.93. The molecule has 0 radical (unpaired) electrons. The summed E-state index contributed by atoms with van der Waals surface area (Å²) in [4.78, 5) is 25.5. The van der Waals surface area contributed by atoms with Gasteiger partial charge in [-0.2, -0.15) is 0 Å². The molecular weight excluding hydrogens is 420 g/mol. The maximum Gasteiger partial charge on any atom is 0.294 e. The minimum absolute atomic E-state index is 0.338. The van der Waals surface area contributed by atoms with Gasteiger partial charge in [-0.1, -0.05) is 30.0 Å². The first-order valence-corrected chi connectivity index (χ1v) is 11.0. The predicted molar refractivity (Wildman–Crippen MR) is 115 cm³/mol. The van der Waals surface area contributed by atoms with Crippen LogP contribution < -0.4 is 5.48 Å². The molecule has 3 aromatic heterocycles. The smallest absolute Gasteiger partial charge is 0.274 e. The average Bonchev–Trinajstić information content (AvgIpc) is 3.44. The monoisotopic (exact) mass is 438 g/mol. The molecule has 8 nitrogen and oxygen atoms in total. The molecular formula is C20H18N6O2S2. The van der Waals surface area contributed by atoms with E-state index in [0.717, 1.165) is 21.4 Å². The van der Waals surface area contributed by atoms with Gasteiger partial charge in [0.25, 0.3) is 5.91 Å². The molecule has 30 heavy (non-hydrogen) atoms. The molecule has 0 unspecified atom stereocenters. The van der Waals surface area contributed by atoms with Crippen molar-refractivity contribution in [2.75, 3.05) is 6.61 Å². The van der Waals surface area contributed by atoms with Gasteiger partial charge in [-0.3, -0.25) is 19.2 Å². The van der Waals surface area contributed by atoms with Crippen molar-refractivity contribution >= 4 is 29.0 Å². The summed E-state index contributed by atoms with van der Waals surface area (Å²) in [6.07, 6.45) is 3.49. The Labute approximate surface area is 181 Å². The van der Waals surface area contributed by atoms with Crippen molar-refractivity contribution in [3.63, 3.8) is 0 Å². The van der Waals surface area contributed by atoms with E-state index in [1.165, 1.54) is 23.1 Å². The van der Waals surface area contributed by atoms with E-state index in [4.69, 9.17) is 4.84 Å². The molecule has 0 saturated heterocycles. The van der Waals surface area contributed by atoms with E-state index in [2.05, 4.69) is 25.6 Å². The van der Waals surface area contributed by atoms with E-state index in [1.54, 1.807) is 24.7 Å². The van der Waals surface area contributed by atoms with Gasteiger partial charge in [0.1, 0.15) is 10.7 Å². The van der Waals surface area contributed by atoms with Gasteiger partial charge in [0, 0.05) is 29.0 Å². The van der Waals surface area contributed by atoms with Gasteiger partial charge in [0.2, 0.25) is 0 Å². The quantitative estimate of drug-likeness (QED) is 0.331. The van der Waals surface area contributed by atoms with Crippen LogP contribution in [0.15, 0.2) is 65.4 Å². The standard InChI is InChI=1S/C20H18N6O2S2/c1-2-28-25-19(27)16-12-29-17(22-16)13-30-20-24-23-18(14-7-6-10-21-11-14)26(20)15-8-4-3-5-9-15/h3-12H,2,13H2,1H3,(H,25,27). The van der Waals surface area contributed by atoms with Crippen LogP contribution in [0.3, 0.4) is 0 Å². The van der Waals surface area contributed by atoms with Gasteiger partial charge in [-0.25, -0.2) is 10.5 Å². The largest absolute Gasteiger partial charge is 0.294 e. The average molecular weight is 439 g/mol. The number of carbonyl (C=O) groups is 1. The number of thiazole rings is 1. The summed E-state index contributed by atoms with van der Waals surface area (Å²) < 4.78 is 2.00. The van der Waals surface area contributed by atoms with Gasteiger partial charge in [-0.15, -0.1) is 21.5 Å². The molecule has 0 spiro atoms. The van der Waals surface area contributed by atoms with Crippen molar-refractivity contribution in [1.29, 1.82) is 0 Å². The number of amides is 1. The summed E-state index contributed by atoms with van der Waals surface area (Å²) in [5.74, 6) is 0.924. The number of pyridine rings is 1. The van der Waals surface area contributed by atoms with Crippen LogP contribution in [0.25, 0.3) is 17.1 Å². The summed E-state index contributed by atoms with van der Waals surface area (Å²) in [5, 5.41) is 12.0. The second kappa shape index (κ2) is 9.61. The molecule has 0 aliphatic rings. The summed E-state index contributed by atoms with van der Waals surface area (Å²) in [6.45, 7) is 2.19. The molecule has 1 aromatic carbocycles. The Hall–Kier alpha value is -3.08.